The van der Waals surface area contributed by atoms with E-state index >= 15 is 0 Å². The van der Waals surface area contributed by atoms with Gasteiger partial charge in [0.05, 0.1) is 18.1 Å². The molecular weight excluding hydrogens is 392 g/mol. The summed E-state index contributed by atoms with van der Waals surface area (Å²) < 4.78 is 11.2. The third-order valence-corrected chi connectivity index (χ3v) is 6.07. The Bertz CT molecular complexity index is 1160. The summed E-state index contributed by atoms with van der Waals surface area (Å²) in [5.74, 6) is 2.36. The van der Waals surface area contributed by atoms with Crippen molar-refractivity contribution < 1.29 is 14.4 Å². The van der Waals surface area contributed by atoms with E-state index in [2.05, 4.69) is 23.5 Å². The van der Waals surface area contributed by atoms with Crippen LogP contribution in [0.3, 0.4) is 0 Å². The van der Waals surface area contributed by atoms with Crippen LogP contribution in [0.1, 0.15) is 29.5 Å². The molecule has 2 aliphatic rings. The minimum atomic E-state index is -0.392. The fourth-order valence-electron chi connectivity index (χ4n) is 4.63. The molecule has 6 heteroatoms. The Hall–Kier alpha value is -3.80. The zero-order valence-electron chi connectivity index (χ0n) is 17.0. The predicted octanol–water partition coefficient (Wildman–Crippen LogP) is 6.22. The number of hydrogen-bond donors (Lipinski definition) is 1. The Labute approximate surface area is 180 Å². The summed E-state index contributed by atoms with van der Waals surface area (Å²) in [6, 6.07) is 21.0. The van der Waals surface area contributed by atoms with Crippen LogP contribution in [-0.2, 0) is 0 Å². The monoisotopic (exact) mass is 414 g/mol. The minimum absolute atomic E-state index is 0.0123. The maximum Gasteiger partial charge on any atom is 0.311 e. The third-order valence-electron chi connectivity index (χ3n) is 6.07. The van der Waals surface area contributed by atoms with Gasteiger partial charge in [0, 0.05) is 17.7 Å². The summed E-state index contributed by atoms with van der Waals surface area (Å²) in [6.07, 6.45) is 5.34. The molecule has 3 atom stereocenters. The van der Waals surface area contributed by atoms with Gasteiger partial charge in [0.2, 0.25) is 0 Å². The lowest BCUT2D eigenvalue weighted by Gasteiger charge is -2.37. The van der Waals surface area contributed by atoms with Crippen LogP contribution in [0.25, 0.3) is 0 Å². The van der Waals surface area contributed by atoms with E-state index in [1.807, 2.05) is 48.5 Å². The quantitative estimate of drug-likeness (QED) is 0.305. The van der Waals surface area contributed by atoms with Crippen molar-refractivity contribution in [2.24, 2.45) is 5.92 Å². The van der Waals surface area contributed by atoms with E-state index in [9.17, 15) is 10.1 Å². The molecule has 0 fully saturated rings. The van der Waals surface area contributed by atoms with Crippen molar-refractivity contribution in [3.63, 3.8) is 0 Å². The van der Waals surface area contributed by atoms with Crippen molar-refractivity contribution in [2.45, 2.75) is 18.4 Å². The lowest BCUT2D eigenvalue weighted by Crippen LogP contribution is -2.29. The molecule has 1 heterocycles. The summed E-state index contributed by atoms with van der Waals surface area (Å²) in [4.78, 5) is 11.1. The van der Waals surface area contributed by atoms with Gasteiger partial charge >= 0.3 is 5.69 Å². The Balaban J connectivity index is 1.49. The lowest BCUT2D eigenvalue weighted by molar-refractivity contribution is -0.385. The van der Waals surface area contributed by atoms with Crippen LogP contribution < -0.4 is 14.8 Å². The van der Waals surface area contributed by atoms with Gasteiger partial charge in [-0.2, -0.15) is 0 Å². The summed E-state index contributed by atoms with van der Waals surface area (Å²) in [6.45, 7) is 0. The molecule has 0 radical (unpaired) electrons. The van der Waals surface area contributed by atoms with Gasteiger partial charge in [-0.3, -0.25) is 10.1 Å². The van der Waals surface area contributed by atoms with Gasteiger partial charge in [-0.1, -0.05) is 36.4 Å². The summed E-state index contributed by atoms with van der Waals surface area (Å²) >= 11 is 0. The highest BCUT2D eigenvalue weighted by Crippen LogP contribution is 2.51. The molecule has 1 aliphatic carbocycles. The number of para-hydroxylation sites is 1. The first-order chi connectivity index (χ1) is 15.1. The maximum absolute atomic E-state index is 11.5. The summed E-state index contributed by atoms with van der Waals surface area (Å²) in [5.41, 5.74) is 3.09. The topological polar surface area (TPSA) is 73.6 Å². The van der Waals surface area contributed by atoms with Crippen molar-refractivity contribution in [1.82, 2.24) is 0 Å². The molecule has 1 aliphatic heterocycles. The molecule has 1 N–H and O–H groups in total. The predicted molar refractivity (Wildman–Crippen MR) is 119 cm³/mol. The number of fused-ring (bicyclic) bond motifs is 3. The number of ether oxygens (including phenoxy) is 2. The van der Waals surface area contributed by atoms with Gasteiger partial charge in [-0.15, -0.1) is 0 Å². The molecule has 0 unspecified atom stereocenters. The molecule has 3 aromatic carbocycles. The third kappa shape index (κ3) is 3.50. The number of methoxy groups -OCH3 is 1. The Morgan fingerprint density at radius 3 is 2.65 bits per heavy atom. The number of benzene rings is 3. The average Bonchev–Trinajstić information content (AvgIpc) is 3.29. The molecule has 3 aromatic rings. The molecule has 0 amide bonds. The molecule has 0 spiro atoms. The number of allylic oxidation sites excluding steroid dienone is 2. The first kappa shape index (κ1) is 19.2. The summed E-state index contributed by atoms with van der Waals surface area (Å²) in [5, 5.41) is 15.1. The molecule has 0 bridgehead atoms. The second-order valence-electron chi connectivity index (χ2n) is 7.83. The van der Waals surface area contributed by atoms with E-state index in [1.165, 1.54) is 12.7 Å². The van der Waals surface area contributed by atoms with Gasteiger partial charge in [-0.05, 0) is 59.9 Å². The number of anilines is 1. The standard InChI is InChI=1S/C25H22N2O4/c1-30-24-13-10-16(14-23(24)27(28)29)25-20-9-5-8-19(20)21-15-18(11-12-22(21)26-25)31-17-6-3-2-4-7-17/h2-8,10-15,19-20,25-26H,9H2,1H3/t19-,20+,25+/m1/s1. The summed E-state index contributed by atoms with van der Waals surface area (Å²) in [7, 11) is 1.45. The fraction of sp³-hybridized carbons (Fsp3) is 0.200. The smallest absolute Gasteiger partial charge is 0.311 e. The molecule has 156 valence electrons. The average molecular weight is 414 g/mol. The van der Waals surface area contributed by atoms with Crippen LogP contribution >= 0.6 is 0 Å². The first-order valence-electron chi connectivity index (χ1n) is 10.3. The van der Waals surface area contributed by atoms with Crippen molar-refractivity contribution in [2.75, 3.05) is 12.4 Å². The van der Waals surface area contributed by atoms with Gasteiger partial charge in [0.25, 0.3) is 0 Å². The van der Waals surface area contributed by atoms with Crippen LogP contribution in [0.5, 0.6) is 17.2 Å². The number of nitro groups is 1. The maximum atomic E-state index is 11.5. The van der Waals surface area contributed by atoms with Crippen LogP contribution in [0, 0.1) is 16.0 Å². The van der Waals surface area contributed by atoms with Crippen LogP contribution in [0.2, 0.25) is 0 Å². The van der Waals surface area contributed by atoms with E-state index in [4.69, 9.17) is 9.47 Å². The SMILES string of the molecule is COc1ccc([C@@H]2Nc3ccc(Oc4ccccc4)cc3[C@@H]3C=CC[C@@H]32)cc1[N+](=O)[O-]. The fourth-order valence-corrected chi connectivity index (χ4v) is 4.63. The van der Waals surface area contributed by atoms with Crippen molar-refractivity contribution in [3.05, 3.63) is 100 Å². The van der Waals surface area contributed by atoms with Crippen molar-refractivity contribution in [3.8, 4) is 17.2 Å². The molecule has 0 saturated carbocycles. The van der Waals surface area contributed by atoms with Crippen molar-refractivity contribution >= 4 is 11.4 Å². The Morgan fingerprint density at radius 2 is 1.87 bits per heavy atom. The number of nitrogens with one attached hydrogen (secondary N) is 1. The molecular formula is C25H22N2O4. The zero-order chi connectivity index (χ0) is 21.4. The van der Waals surface area contributed by atoms with E-state index in [-0.39, 0.29) is 29.3 Å². The number of rotatable bonds is 5. The number of hydrogen-bond acceptors (Lipinski definition) is 5. The molecule has 5 rings (SSSR count). The second-order valence-corrected chi connectivity index (χ2v) is 7.83. The largest absolute Gasteiger partial charge is 0.490 e. The number of nitrogens with zero attached hydrogens (tertiary/aromatic N) is 1. The minimum Gasteiger partial charge on any atom is -0.490 e. The first-order valence-corrected chi connectivity index (χ1v) is 10.3. The van der Waals surface area contributed by atoms with Gasteiger partial charge in [-0.25, -0.2) is 0 Å². The van der Waals surface area contributed by atoms with E-state index < -0.39 is 4.92 Å². The highest BCUT2D eigenvalue weighted by atomic mass is 16.6. The number of nitro benzene ring substituents is 1. The van der Waals surface area contributed by atoms with Gasteiger partial charge in [0.1, 0.15) is 11.5 Å². The zero-order valence-corrected chi connectivity index (χ0v) is 17.0. The van der Waals surface area contributed by atoms with Gasteiger partial charge in [0.15, 0.2) is 5.75 Å². The molecule has 0 saturated heterocycles. The Kier molecular flexibility index (Phi) is 4.82. The van der Waals surface area contributed by atoms with Crippen molar-refractivity contribution in [1.29, 1.82) is 0 Å². The van der Waals surface area contributed by atoms with Crippen LogP contribution in [0.4, 0.5) is 11.4 Å². The van der Waals surface area contributed by atoms with E-state index in [0.29, 0.717) is 0 Å². The van der Waals surface area contributed by atoms with E-state index in [0.717, 1.165) is 29.2 Å². The lowest BCUT2D eigenvalue weighted by atomic mass is 9.77. The van der Waals surface area contributed by atoms with E-state index in [1.54, 1.807) is 12.1 Å². The Morgan fingerprint density at radius 1 is 1.03 bits per heavy atom. The van der Waals surface area contributed by atoms with Crippen LogP contribution in [-0.4, -0.2) is 12.0 Å². The molecule has 0 aromatic heterocycles. The normalized spacial score (nSPS) is 21.0. The highest BCUT2D eigenvalue weighted by molar-refractivity contribution is 5.63. The second kappa shape index (κ2) is 7.80. The highest BCUT2D eigenvalue weighted by Gasteiger charge is 2.38. The molecule has 31 heavy (non-hydrogen) atoms. The molecule has 6 nitrogen and oxygen atoms in total. The van der Waals surface area contributed by atoms with Gasteiger partial charge < -0.3 is 14.8 Å². The van der Waals surface area contributed by atoms with Crippen LogP contribution in [0.15, 0.2) is 78.9 Å².